The number of hydrogen-bond donors (Lipinski definition) is 1. The van der Waals surface area contributed by atoms with E-state index in [-0.39, 0.29) is 11.3 Å². The summed E-state index contributed by atoms with van der Waals surface area (Å²) >= 11 is 0. The van der Waals surface area contributed by atoms with Crippen molar-refractivity contribution in [2.24, 2.45) is 5.92 Å². The van der Waals surface area contributed by atoms with Gasteiger partial charge in [-0.25, -0.2) is 4.79 Å². The maximum atomic E-state index is 12.3. The van der Waals surface area contributed by atoms with Crippen molar-refractivity contribution in [1.29, 1.82) is 0 Å². The molecule has 0 saturated carbocycles. The van der Waals surface area contributed by atoms with E-state index >= 15 is 0 Å². The largest absolute Gasteiger partial charge is 0.452 e. The third-order valence-corrected chi connectivity index (χ3v) is 5.32. The van der Waals surface area contributed by atoms with Crippen molar-refractivity contribution in [3.05, 3.63) is 69.8 Å². The molecule has 0 unspecified atom stereocenters. The minimum Gasteiger partial charge on any atom is -0.452 e. The lowest BCUT2D eigenvalue weighted by Gasteiger charge is -2.32. The summed E-state index contributed by atoms with van der Waals surface area (Å²) in [7, 11) is 0. The minimum atomic E-state index is -0.764. The molecule has 1 amide bonds. The molecule has 164 valence electrons. The Bertz CT molecular complexity index is 932. The highest BCUT2D eigenvalue weighted by Gasteiger charge is 2.25. The Labute approximate surface area is 181 Å². The zero-order valence-corrected chi connectivity index (χ0v) is 17.6. The number of carbonyl (C=O) groups excluding carboxylic acids is 2. The third-order valence-electron chi connectivity index (χ3n) is 5.32. The number of esters is 1. The first-order chi connectivity index (χ1) is 14.9. The van der Waals surface area contributed by atoms with Crippen LogP contribution in [0.25, 0.3) is 0 Å². The van der Waals surface area contributed by atoms with Crippen LogP contribution in [0.4, 0.5) is 11.4 Å². The molecule has 1 fully saturated rings. The van der Waals surface area contributed by atoms with Crippen LogP contribution >= 0.6 is 0 Å². The predicted octanol–water partition coefficient (Wildman–Crippen LogP) is 3.35. The maximum Gasteiger partial charge on any atom is 0.338 e. The molecule has 0 spiro atoms. The van der Waals surface area contributed by atoms with E-state index in [0.29, 0.717) is 24.6 Å². The van der Waals surface area contributed by atoms with Crippen molar-refractivity contribution in [3.8, 4) is 0 Å². The molecule has 8 nitrogen and oxygen atoms in total. The Hall–Kier alpha value is -3.42. The second-order valence-corrected chi connectivity index (χ2v) is 7.82. The van der Waals surface area contributed by atoms with Crippen LogP contribution in [0.15, 0.2) is 48.5 Å². The van der Waals surface area contributed by atoms with E-state index in [2.05, 4.69) is 12.2 Å². The summed E-state index contributed by atoms with van der Waals surface area (Å²) < 4.78 is 5.04. The molecule has 2 aromatic rings. The molecular formula is C23H27N3O5. The van der Waals surface area contributed by atoms with E-state index in [9.17, 15) is 19.7 Å². The van der Waals surface area contributed by atoms with Gasteiger partial charge in [0.1, 0.15) is 5.69 Å². The number of carbonyl (C=O) groups is 2. The lowest BCUT2D eigenvalue weighted by molar-refractivity contribution is -0.384. The van der Waals surface area contributed by atoms with Crippen LogP contribution in [0.5, 0.6) is 0 Å². The zero-order chi connectivity index (χ0) is 22.2. The number of nitrogens with zero attached hydrogens (tertiary/aromatic N) is 2. The fraction of sp³-hybridized carbons (Fsp3) is 0.391. The van der Waals surface area contributed by atoms with Gasteiger partial charge < -0.3 is 15.0 Å². The van der Waals surface area contributed by atoms with Gasteiger partial charge in [0.05, 0.1) is 10.5 Å². The highest BCUT2D eigenvalue weighted by atomic mass is 16.6. The molecule has 2 aromatic carbocycles. The molecule has 0 aromatic heterocycles. The Kier molecular flexibility index (Phi) is 7.59. The van der Waals surface area contributed by atoms with Crippen LogP contribution in [-0.4, -0.2) is 43.0 Å². The number of anilines is 1. The highest BCUT2D eigenvalue weighted by molar-refractivity contribution is 5.93. The van der Waals surface area contributed by atoms with Crippen LogP contribution in [0.1, 0.15) is 35.7 Å². The molecule has 1 atom stereocenters. The maximum absolute atomic E-state index is 12.3. The van der Waals surface area contributed by atoms with Gasteiger partial charge in [-0.3, -0.25) is 14.9 Å². The monoisotopic (exact) mass is 425 g/mol. The highest BCUT2D eigenvalue weighted by Crippen LogP contribution is 2.32. The average molecular weight is 425 g/mol. The number of ether oxygens (including phenoxy) is 1. The summed E-state index contributed by atoms with van der Waals surface area (Å²) in [5, 5.41) is 14.3. The molecular weight excluding hydrogens is 398 g/mol. The van der Waals surface area contributed by atoms with Crippen molar-refractivity contribution in [3.63, 3.8) is 0 Å². The van der Waals surface area contributed by atoms with E-state index in [4.69, 9.17) is 4.74 Å². The fourth-order valence-corrected chi connectivity index (χ4v) is 3.73. The van der Waals surface area contributed by atoms with Crippen LogP contribution in [-0.2, 0) is 16.0 Å². The lowest BCUT2D eigenvalue weighted by Crippen LogP contribution is -2.34. The first kappa shape index (κ1) is 22.3. The predicted molar refractivity (Wildman–Crippen MR) is 117 cm³/mol. The van der Waals surface area contributed by atoms with Crippen LogP contribution < -0.4 is 10.2 Å². The number of hydrogen-bond acceptors (Lipinski definition) is 6. The summed E-state index contributed by atoms with van der Waals surface area (Å²) in [5.41, 5.74) is 1.52. The van der Waals surface area contributed by atoms with E-state index in [1.54, 1.807) is 6.07 Å². The smallest absolute Gasteiger partial charge is 0.338 e. The number of piperidine rings is 1. The number of nitrogens with one attached hydrogen (secondary N) is 1. The van der Waals surface area contributed by atoms with Gasteiger partial charge in [0.25, 0.3) is 11.6 Å². The Balaban J connectivity index is 1.55. The lowest BCUT2D eigenvalue weighted by atomic mass is 9.99. The molecule has 0 radical (unpaired) electrons. The van der Waals surface area contributed by atoms with Crippen LogP contribution in [0.2, 0.25) is 0 Å². The SMILES string of the molecule is C[C@@H]1CCCN(c2ccc(C(=O)OCC(=O)NCCc3ccccc3)cc2[N+](=O)[O-])C1. The third kappa shape index (κ3) is 6.28. The van der Waals surface area contributed by atoms with E-state index in [1.807, 2.05) is 35.2 Å². The van der Waals surface area contributed by atoms with Gasteiger partial charge in [-0.15, -0.1) is 0 Å². The van der Waals surface area contributed by atoms with Gasteiger partial charge in [-0.1, -0.05) is 37.3 Å². The zero-order valence-electron chi connectivity index (χ0n) is 17.6. The number of benzene rings is 2. The molecule has 3 rings (SSSR count). The first-order valence-corrected chi connectivity index (χ1v) is 10.4. The molecule has 0 bridgehead atoms. The Morgan fingerprint density at radius 1 is 1.23 bits per heavy atom. The van der Waals surface area contributed by atoms with Crippen molar-refractivity contribution in [2.75, 3.05) is 31.1 Å². The van der Waals surface area contributed by atoms with Gasteiger partial charge in [0, 0.05) is 25.7 Å². The van der Waals surface area contributed by atoms with E-state index in [0.717, 1.165) is 31.5 Å². The summed E-state index contributed by atoms with van der Waals surface area (Å²) in [6, 6.07) is 14.0. The second kappa shape index (κ2) is 10.6. The van der Waals surface area contributed by atoms with Crippen molar-refractivity contribution < 1.29 is 19.2 Å². The van der Waals surface area contributed by atoms with Crippen LogP contribution in [0, 0.1) is 16.0 Å². The Morgan fingerprint density at radius 2 is 2.00 bits per heavy atom. The Morgan fingerprint density at radius 3 is 2.71 bits per heavy atom. The molecule has 1 aliphatic rings. The average Bonchev–Trinajstić information content (AvgIpc) is 2.77. The summed E-state index contributed by atoms with van der Waals surface area (Å²) in [4.78, 5) is 37.3. The van der Waals surface area contributed by atoms with Crippen molar-refractivity contribution in [1.82, 2.24) is 5.32 Å². The topological polar surface area (TPSA) is 102 Å². The molecule has 1 saturated heterocycles. The molecule has 1 N–H and O–H groups in total. The second-order valence-electron chi connectivity index (χ2n) is 7.82. The molecule has 1 heterocycles. The summed E-state index contributed by atoms with van der Waals surface area (Å²) in [6.07, 6.45) is 2.74. The van der Waals surface area contributed by atoms with E-state index < -0.39 is 23.4 Å². The van der Waals surface area contributed by atoms with Crippen molar-refractivity contribution in [2.45, 2.75) is 26.2 Å². The van der Waals surface area contributed by atoms with Crippen molar-refractivity contribution >= 4 is 23.3 Å². The summed E-state index contributed by atoms with van der Waals surface area (Å²) in [6.45, 7) is 3.60. The number of nitro groups is 1. The molecule has 1 aliphatic heterocycles. The van der Waals surface area contributed by atoms with Gasteiger partial charge in [-0.05, 0) is 42.9 Å². The van der Waals surface area contributed by atoms with Gasteiger partial charge in [0.15, 0.2) is 6.61 Å². The minimum absolute atomic E-state index is 0.0533. The normalized spacial score (nSPS) is 15.9. The number of rotatable bonds is 8. The van der Waals surface area contributed by atoms with E-state index in [1.165, 1.54) is 12.1 Å². The molecule has 31 heavy (non-hydrogen) atoms. The fourth-order valence-electron chi connectivity index (χ4n) is 3.73. The van der Waals surface area contributed by atoms with Gasteiger partial charge >= 0.3 is 5.97 Å². The first-order valence-electron chi connectivity index (χ1n) is 10.4. The molecule has 0 aliphatic carbocycles. The number of amides is 1. The van der Waals surface area contributed by atoms with Gasteiger partial charge in [0.2, 0.25) is 0 Å². The van der Waals surface area contributed by atoms with Crippen LogP contribution in [0.3, 0.4) is 0 Å². The summed E-state index contributed by atoms with van der Waals surface area (Å²) in [5.74, 6) is -0.726. The molecule has 8 heteroatoms. The standard InChI is InChI=1S/C23H27N3O5/c1-17-6-5-13-25(15-17)20-10-9-19(14-21(20)26(29)30)23(28)31-16-22(27)24-12-11-18-7-3-2-4-8-18/h2-4,7-10,14,17H,5-6,11-13,15-16H2,1H3,(H,24,27)/t17-/m1/s1. The number of nitro benzene ring substituents is 1. The van der Waals surface area contributed by atoms with Gasteiger partial charge in [-0.2, -0.15) is 0 Å². The quantitative estimate of drug-likeness (QED) is 0.395.